The number of amides is 1. The lowest BCUT2D eigenvalue weighted by Gasteiger charge is -2.16. The number of carboxylic acids is 1. The van der Waals surface area contributed by atoms with E-state index < -0.39 is 5.97 Å². The first kappa shape index (κ1) is 14.9. The molecule has 0 aliphatic heterocycles. The van der Waals surface area contributed by atoms with Crippen molar-refractivity contribution < 1.29 is 14.7 Å². The third-order valence-corrected chi connectivity index (χ3v) is 4.02. The van der Waals surface area contributed by atoms with Gasteiger partial charge in [-0.05, 0) is 49.4 Å². The van der Waals surface area contributed by atoms with Gasteiger partial charge in [-0.2, -0.15) is 0 Å². The van der Waals surface area contributed by atoms with Crippen molar-refractivity contribution in [2.75, 3.05) is 6.54 Å². The summed E-state index contributed by atoms with van der Waals surface area (Å²) in [6, 6.07) is 5.17. The zero-order chi connectivity index (χ0) is 14.7. The maximum absolute atomic E-state index is 12.1. The van der Waals surface area contributed by atoms with E-state index in [0.717, 1.165) is 18.4 Å². The van der Waals surface area contributed by atoms with E-state index in [4.69, 9.17) is 16.7 Å². The summed E-state index contributed by atoms with van der Waals surface area (Å²) >= 11 is 5.93. The smallest absolute Gasteiger partial charge is 0.306 e. The molecular weight excluding hydrogens is 278 g/mol. The number of benzene rings is 1. The molecule has 2 N–H and O–H groups in total. The first-order chi connectivity index (χ1) is 9.47. The van der Waals surface area contributed by atoms with Crippen LogP contribution in [0.15, 0.2) is 18.2 Å². The fourth-order valence-corrected chi connectivity index (χ4v) is 3.09. The molecule has 1 saturated carbocycles. The van der Waals surface area contributed by atoms with Gasteiger partial charge in [-0.1, -0.05) is 18.0 Å². The Balaban J connectivity index is 1.96. The number of halogens is 1. The molecule has 0 bridgehead atoms. The number of carboxylic acid groups (broad SMARTS) is 1. The molecule has 1 fully saturated rings. The van der Waals surface area contributed by atoms with Crippen LogP contribution < -0.4 is 5.32 Å². The Hall–Kier alpha value is -1.55. The summed E-state index contributed by atoms with van der Waals surface area (Å²) in [5.74, 6) is -1.28. The van der Waals surface area contributed by atoms with E-state index in [1.807, 2.05) is 6.92 Å². The van der Waals surface area contributed by atoms with Gasteiger partial charge in [-0.15, -0.1) is 0 Å². The van der Waals surface area contributed by atoms with Crippen molar-refractivity contribution in [2.24, 2.45) is 11.8 Å². The van der Waals surface area contributed by atoms with Gasteiger partial charge in [0.2, 0.25) is 0 Å². The van der Waals surface area contributed by atoms with E-state index in [-0.39, 0.29) is 17.7 Å². The predicted molar refractivity (Wildman–Crippen MR) is 77.0 cm³/mol. The predicted octanol–water partition coefficient (Wildman–Crippen LogP) is 2.88. The molecule has 1 aliphatic carbocycles. The topological polar surface area (TPSA) is 66.4 Å². The molecule has 108 valence electrons. The molecular formula is C15H18ClNO3. The van der Waals surface area contributed by atoms with Crippen LogP contribution in [-0.2, 0) is 4.79 Å². The number of aryl methyl sites for hydroxylation is 1. The summed E-state index contributed by atoms with van der Waals surface area (Å²) in [6.07, 6.45) is 2.46. The second-order valence-electron chi connectivity index (χ2n) is 5.36. The number of nitrogens with one attached hydrogen (secondary N) is 1. The van der Waals surface area contributed by atoms with E-state index in [0.29, 0.717) is 23.6 Å². The van der Waals surface area contributed by atoms with Gasteiger partial charge in [0.15, 0.2) is 0 Å². The first-order valence-electron chi connectivity index (χ1n) is 6.75. The molecule has 2 rings (SSSR count). The van der Waals surface area contributed by atoms with Crippen LogP contribution in [0.25, 0.3) is 0 Å². The van der Waals surface area contributed by atoms with Crippen LogP contribution in [0.1, 0.15) is 35.2 Å². The van der Waals surface area contributed by atoms with Crippen molar-refractivity contribution in [1.29, 1.82) is 0 Å². The van der Waals surface area contributed by atoms with E-state index in [9.17, 15) is 9.59 Å². The van der Waals surface area contributed by atoms with Gasteiger partial charge in [0, 0.05) is 17.1 Å². The Bertz CT molecular complexity index is 510. The van der Waals surface area contributed by atoms with E-state index in [1.165, 1.54) is 0 Å². The van der Waals surface area contributed by atoms with Gasteiger partial charge in [-0.3, -0.25) is 9.59 Å². The van der Waals surface area contributed by atoms with Gasteiger partial charge in [0.1, 0.15) is 0 Å². The molecule has 0 spiro atoms. The standard InChI is InChI=1S/C15H18ClNO3/c1-9-5-11(7-12(16)6-9)14(18)17-8-10-3-2-4-13(10)15(19)20/h5-7,10,13H,2-4,8H2,1H3,(H,17,18)(H,19,20). The molecule has 20 heavy (non-hydrogen) atoms. The van der Waals surface area contributed by atoms with Gasteiger partial charge in [0.05, 0.1) is 5.92 Å². The molecule has 0 saturated heterocycles. The molecule has 1 aliphatic rings. The molecule has 1 aromatic carbocycles. The summed E-state index contributed by atoms with van der Waals surface area (Å²) in [5, 5.41) is 12.5. The summed E-state index contributed by atoms with van der Waals surface area (Å²) in [6.45, 7) is 2.28. The number of hydrogen-bond donors (Lipinski definition) is 2. The minimum absolute atomic E-state index is 0.0248. The summed E-state index contributed by atoms with van der Waals surface area (Å²) < 4.78 is 0. The highest BCUT2D eigenvalue weighted by Crippen LogP contribution is 2.31. The molecule has 1 aromatic rings. The van der Waals surface area contributed by atoms with Crippen molar-refractivity contribution in [3.05, 3.63) is 34.3 Å². The van der Waals surface area contributed by atoms with Crippen LogP contribution in [0.5, 0.6) is 0 Å². The molecule has 1 amide bonds. The lowest BCUT2D eigenvalue weighted by atomic mass is 9.96. The lowest BCUT2D eigenvalue weighted by Crippen LogP contribution is -2.33. The van der Waals surface area contributed by atoms with Crippen molar-refractivity contribution in [2.45, 2.75) is 26.2 Å². The average molecular weight is 296 g/mol. The van der Waals surface area contributed by atoms with E-state index in [2.05, 4.69) is 5.32 Å². The van der Waals surface area contributed by atoms with E-state index >= 15 is 0 Å². The number of carbonyl (C=O) groups excluding carboxylic acids is 1. The lowest BCUT2D eigenvalue weighted by molar-refractivity contribution is -0.142. The fraction of sp³-hybridized carbons (Fsp3) is 0.467. The summed E-state index contributed by atoms with van der Waals surface area (Å²) in [5.41, 5.74) is 1.44. The zero-order valence-electron chi connectivity index (χ0n) is 11.4. The molecule has 5 heteroatoms. The Labute approximate surface area is 123 Å². The van der Waals surface area contributed by atoms with Crippen molar-refractivity contribution >= 4 is 23.5 Å². The summed E-state index contributed by atoms with van der Waals surface area (Å²) in [4.78, 5) is 23.2. The van der Waals surface area contributed by atoms with Crippen LogP contribution in [0.2, 0.25) is 5.02 Å². The number of hydrogen-bond acceptors (Lipinski definition) is 2. The van der Waals surface area contributed by atoms with Gasteiger partial charge >= 0.3 is 5.97 Å². The minimum Gasteiger partial charge on any atom is -0.481 e. The Morgan fingerprint density at radius 3 is 2.75 bits per heavy atom. The average Bonchev–Trinajstić information content (AvgIpc) is 2.83. The molecule has 0 radical (unpaired) electrons. The monoisotopic (exact) mass is 295 g/mol. The van der Waals surface area contributed by atoms with Gasteiger partial charge in [-0.25, -0.2) is 0 Å². The molecule has 2 unspecified atom stereocenters. The van der Waals surface area contributed by atoms with Crippen LogP contribution in [0.3, 0.4) is 0 Å². The number of carbonyl (C=O) groups is 2. The number of aliphatic carboxylic acids is 1. The highest BCUT2D eigenvalue weighted by atomic mass is 35.5. The van der Waals surface area contributed by atoms with Crippen molar-refractivity contribution in [1.82, 2.24) is 5.32 Å². The minimum atomic E-state index is -0.764. The fourth-order valence-electron chi connectivity index (χ4n) is 2.80. The molecule has 2 atom stereocenters. The third-order valence-electron chi connectivity index (χ3n) is 3.81. The molecule has 4 nitrogen and oxygen atoms in total. The van der Waals surface area contributed by atoms with Gasteiger partial charge in [0.25, 0.3) is 5.91 Å². The highest BCUT2D eigenvalue weighted by molar-refractivity contribution is 6.31. The van der Waals surface area contributed by atoms with E-state index in [1.54, 1.807) is 18.2 Å². The largest absolute Gasteiger partial charge is 0.481 e. The van der Waals surface area contributed by atoms with Crippen LogP contribution >= 0.6 is 11.6 Å². The van der Waals surface area contributed by atoms with Crippen LogP contribution in [-0.4, -0.2) is 23.5 Å². The zero-order valence-corrected chi connectivity index (χ0v) is 12.1. The third kappa shape index (κ3) is 3.51. The van der Waals surface area contributed by atoms with Gasteiger partial charge < -0.3 is 10.4 Å². The quantitative estimate of drug-likeness (QED) is 0.897. The molecule has 0 heterocycles. The Morgan fingerprint density at radius 1 is 1.35 bits per heavy atom. The Morgan fingerprint density at radius 2 is 2.10 bits per heavy atom. The Kier molecular flexibility index (Phi) is 4.65. The van der Waals surface area contributed by atoms with Crippen molar-refractivity contribution in [3.63, 3.8) is 0 Å². The molecule has 0 aromatic heterocycles. The normalized spacial score (nSPS) is 21.7. The first-order valence-corrected chi connectivity index (χ1v) is 7.13. The number of rotatable bonds is 4. The SMILES string of the molecule is Cc1cc(Cl)cc(C(=O)NCC2CCCC2C(=O)O)c1. The second-order valence-corrected chi connectivity index (χ2v) is 5.80. The highest BCUT2D eigenvalue weighted by Gasteiger charge is 2.32. The second kappa shape index (κ2) is 6.27. The van der Waals surface area contributed by atoms with Crippen LogP contribution in [0, 0.1) is 18.8 Å². The maximum Gasteiger partial charge on any atom is 0.306 e. The van der Waals surface area contributed by atoms with Crippen LogP contribution in [0.4, 0.5) is 0 Å². The maximum atomic E-state index is 12.1. The summed E-state index contributed by atoms with van der Waals surface area (Å²) in [7, 11) is 0. The van der Waals surface area contributed by atoms with Crippen molar-refractivity contribution in [3.8, 4) is 0 Å².